The van der Waals surface area contributed by atoms with Gasteiger partial charge in [-0.2, -0.15) is 0 Å². The van der Waals surface area contributed by atoms with Crippen molar-refractivity contribution >= 4 is 6.03 Å². The highest BCUT2D eigenvalue weighted by molar-refractivity contribution is 5.74. The number of hydrogen-bond donors (Lipinski definition) is 3. The molecule has 1 aromatic carbocycles. The molecule has 5 heteroatoms. The second-order valence-corrected chi connectivity index (χ2v) is 6.18. The van der Waals surface area contributed by atoms with Crippen molar-refractivity contribution in [2.75, 3.05) is 6.54 Å². The van der Waals surface area contributed by atoms with Crippen molar-refractivity contribution in [1.29, 1.82) is 0 Å². The van der Waals surface area contributed by atoms with E-state index < -0.39 is 0 Å². The fourth-order valence-corrected chi connectivity index (χ4v) is 2.60. The van der Waals surface area contributed by atoms with Crippen LogP contribution in [-0.2, 0) is 26.5 Å². The summed E-state index contributed by atoms with van der Waals surface area (Å²) in [6, 6.07) is 11.9. The second kappa shape index (κ2) is 9.13. The first-order valence-electron chi connectivity index (χ1n) is 8.41. The molecule has 0 saturated heterocycles. The van der Waals surface area contributed by atoms with Crippen molar-refractivity contribution in [2.24, 2.45) is 7.05 Å². The van der Waals surface area contributed by atoms with Gasteiger partial charge in [-0.05, 0) is 49.4 Å². The largest absolute Gasteiger partial charge is 0.392 e. The van der Waals surface area contributed by atoms with Crippen LogP contribution in [0.2, 0.25) is 0 Å². The van der Waals surface area contributed by atoms with Gasteiger partial charge in [-0.25, -0.2) is 4.79 Å². The van der Waals surface area contributed by atoms with Crippen molar-refractivity contribution in [3.63, 3.8) is 0 Å². The lowest BCUT2D eigenvalue weighted by Crippen LogP contribution is -2.41. The standard InChI is InChI=1S/C19H27N3O2/c1-15(5-10-18-4-3-13-22(18)2)21-19(24)20-12-11-16-6-8-17(14-23)9-7-16/h3-4,6-9,13,15,23H,5,10-12,14H2,1-2H3,(H2,20,21,24). The van der Waals surface area contributed by atoms with Gasteiger partial charge in [0.1, 0.15) is 0 Å². The normalized spacial score (nSPS) is 12.0. The molecule has 2 rings (SSSR count). The average molecular weight is 329 g/mol. The molecule has 1 unspecified atom stereocenters. The van der Waals surface area contributed by atoms with Crippen molar-refractivity contribution in [2.45, 2.75) is 38.8 Å². The van der Waals surface area contributed by atoms with E-state index in [1.807, 2.05) is 50.5 Å². The maximum atomic E-state index is 11.9. The SMILES string of the molecule is CC(CCc1cccn1C)NC(=O)NCCc1ccc(CO)cc1. The molecule has 0 aliphatic rings. The van der Waals surface area contributed by atoms with Crippen LogP contribution in [0.5, 0.6) is 0 Å². The number of nitrogens with one attached hydrogen (secondary N) is 2. The summed E-state index contributed by atoms with van der Waals surface area (Å²) in [5, 5.41) is 14.9. The summed E-state index contributed by atoms with van der Waals surface area (Å²) in [6.45, 7) is 2.67. The smallest absolute Gasteiger partial charge is 0.315 e. The lowest BCUT2D eigenvalue weighted by atomic mass is 10.1. The molecule has 0 aliphatic carbocycles. The number of carbonyl (C=O) groups excluding carboxylic acids is 1. The lowest BCUT2D eigenvalue weighted by molar-refractivity contribution is 0.237. The predicted molar refractivity (Wildman–Crippen MR) is 95.8 cm³/mol. The number of amides is 2. The fourth-order valence-electron chi connectivity index (χ4n) is 2.60. The average Bonchev–Trinajstić information content (AvgIpc) is 2.98. The van der Waals surface area contributed by atoms with Crippen LogP contribution in [0.1, 0.15) is 30.2 Å². The third kappa shape index (κ3) is 5.74. The molecular weight excluding hydrogens is 302 g/mol. The van der Waals surface area contributed by atoms with E-state index in [4.69, 9.17) is 5.11 Å². The van der Waals surface area contributed by atoms with E-state index in [0.29, 0.717) is 6.54 Å². The first-order valence-corrected chi connectivity index (χ1v) is 8.41. The zero-order valence-corrected chi connectivity index (χ0v) is 14.5. The van der Waals surface area contributed by atoms with Gasteiger partial charge in [0.25, 0.3) is 0 Å². The third-order valence-corrected chi connectivity index (χ3v) is 4.17. The first-order chi connectivity index (χ1) is 11.6. The number of carbonyl (C=O) groups is 1. The maximum absolute atomic E-state index is 11.9. The van der Waals surface area contributed by atoms with Crippen LogP contribution in [0.15, 0.2) is 42.6 Å². The minimum atomic E-state index is -0.124. The number of aliphatic hydroxyl groups is 1. The molecule has 2 amide bonds. The molecule has 1 aromatic heterocycles. The van der Waals surface area contributed by atoms with Gasteiger partial charge in [0.2, 0.25) is 0 Å². The lowest BCUT2D eigenvalue weighted by Gasteiger charge is -2.15. The van der Waals surface area contributed by atoms with Crippen LogP contribution >= 0.6 is 0 Å². The molecule has 0 bridgehead atoms. The summed E-state index contributed by atoms with van der Waals surface area (Å²) < 4.78 is 2.11. The molecule has 130 valence electrons. The summed E-state index contributed by atoms with van der Waals surface area (Å²) >= 11 is 0. The Labute approximate surface area is 143 Å². The molecule has 3 N–H and O–H groups in total. The van der Waals surface area contributed by atoms with Gasteiger partial charge in [-0.15, -0.1) is 0 Å². The zero-order chi connectivity index (χ0) is 17.4. The van der Waals surface area contributed by atoms with Crippen LogP contribution in [-0.4, -0.2) is 28.3 Å². The van der Waals surface area contributed by atoms with Gasteiger partial charge >= 0.3 is 6.03 Å². The van der Waals surface area contributed by atoms with E-state index >= 15 is 0 Å². The van der Waals surface area contributed by atoms with E-state index in [-0.39, 0.29) is 18.7 Å². The number of benzene rings is 1. The molecule has 0 radical (unpaired) electrons. The number of hydrogen-bond acceptors (Lipinski definition) is 2. The van der Waals surface area contributed by atoms with Crippen molar-refractivity contribution in [1.82, 2.24) is 15.2 Å². The van der Waals surface area contributed by atoms with Gasteiger partial charge in [-0.1, -0.05) is 24.3 Å². The van der Waals surface area contributed by atoms with Gasteiger partial charge in [0.15, 0.2) is 0 Å². The predicted octanol–water partition coefficient (Wildman–Crippen LogP) is 2.38. The van der Waals surface area contributed by atoms with Gasteiger partial charge in [-0.3, -0.25) is 0 Å². The Bertz CT molecular complexity index is 634. The molecule has 2 aromatic rings. The Morgan fingerprint density at radius 3 is 2.50 bits per heavy atom. The molecule has 1 atom stereocenters. The Balaban J connectivity index is 1.64. The summed E-state index contributed by atoms with van der Waals surface area (Å²) in [4.78, 5) is 11.9. The van der Waals surface area contributed by atoms with Gasteiger partial charge in [0.05, 0.1) is 6.61 Å². The summed E-state index contributed by atoms with van der Waals surface area (Å²) in [7, 11) is 2.03. The summed E-state index contributed by atoms with van der Waals surface area (Å²) in [5.74, 6) is 0. The first kappa shape index (κ1) is 18.1. The van der Waals surface area contributed by atoms with Crippen LogP contribution in [0.3, 0.4) is 0 Å². The molecule has 1 heterocycles. The second-order valence-electron chi connectivity index (χ2n) is 6.18. The third-order valence-electron chi connectivity index (χ3n) is 4.17. The van der Waals surface area contributed by atoms with Crippen molar-refractivity contribution in [3.05, 3.63) is 59.4 Å². The Morgan fingerprint density at radius 1 is 1.17 bits per heavy atom. The minimum absolute atomic E-state index is 0.0571. The molecule has 0 fully saturated rings. The van der Waals surface area contributed by atoms with Crippen LogP contribution in [0, 0.1) is 0 Å². The van der Waals surface area contributed by atoms with Gasteiger partial charge in [0, 0.05) is 31.5 Å². The fraction of sp³-hybridized carbons (Fsp3) is 0.421. The topological polar surface area (TPSA) is 66.3 Å². The van der Waals surface area contributed by atoms with Crippen LogP contribution in [0.25, 0.3) is 0 Å². The molecule has 0 spiro atoms. The molecule has 24 heavy (non-hydrogen) atoms. The molecule has 0 saturated carbocycles. The van der Waals surface area contributed by atoms with Crippen molar-refractivity contribution < 1.29 is 9.90 Å². The van der Waals surface area contributed by atoms with Crippen LogP contribution < -0.4 is 10.6 Å². The zero-order valence-electron chi connectivity index (χ0n) is 14.5. The monoisotopic (exact) mass is 329 g/mol. The Hall–Kier alpha value is -2.27. The summed E-state index contributed by atoms with van der Waals surface area (Å²) in [6.07, 6.45) is 4.67. The van der Waals surface area contributed by atoms with Crippen molar-refractivity contribution in [3.8, 4) is 0 Å². The number of rotatable bonds is 8. The Morgan fingerprint density at radius 2 is 1.88 bits per heavy atom. The molecule has 5 nitrogen and oxygen atoms in total. The molecular formula is C19H27N3O2. The number of nitrogens with zero attached hydrogens (tertiary/aromatic N) is 1. The van der Waals surface area contributed by atoms with Crippen LogP contribution in [0.4, 0.5) is 4.79 Å². The van der Waals surface area contributed by atoms with E-state index in [0.717, 1.165) is 30.4 Å². The molecule has 0 aliphatic heterocycles. The van der Waals surface area contributed by atoms with E-state index in [9.17, 15) is 4.79 Å². The van der Waals surface area contributed by atoms with Gasteiger partial charge < -0.3 is 20.3 Å². The van der Waals surface area contributed by atoms with E-state index in [1.165, 1.54) is 5.69 Å². The number of aromatic nitrogens is 1. The number of aliphatic hydroxyl groups excluding tert-OH is 1. The number of urea groups is 1. The minimum Gasteiger partial charge on any atom is -0.392 e. The summed E-state index contributed by atoms with van der Waals surface area (Å²) in [5.41, 5.74) is 3.32. The maximum Gasteiger partial charge on any atom is 0.315 e. The highest BCUT2D eigenvalue weighted by atomic mass is 16.3. The Kier molecular flexibility index (Phi) is 6.88. The highest BCUT2D eigenvalue weighted by Gasteiger charge is 2.08. The van der Waals surface area contributed by atoms with E-state index in [1.54, 1.807) is 0 Å². The number of aryl methyl sites for hydroxylation is 2. The highest BCUT2D eigenvalue weighted by Crippen LogP contribution is 2.06. The van der Waals surface area contributed by atoms with E-state index in [2.05, 4.69) is 21.3 Å². The quantitative estimate of drug-likeness (QED) is 0.696.